The second-order valence-electron chi connectivity index (χ2n) is 5.51. The molecule has 0 bridgehead atoms. The highest BCUT2D eigenvalue weighted by molar-refractivity contribution is 5.27. The summed E-state index contributed by atoms with van der Waals surface area (Å²) in [6.07, 6.45) is 1.92. The second-order valence-corrected chi connectivity index (χ2v) is 5.51. The lowest BCUT2D eigenvalue weighted by Gasteiger charge is -2.17. The molecule has 0 aliphatic carbocycles. The van der Waals surface area contributed by atoms with Gasteiger partial charge < -0.3 is 14.8 Å². The van der Waals surface area contributed by atoms with Crippen molar-refractivity contribution in [2.24, 2.45) is 5.41 Å². The maximum Gasteiger partial charge on any atom is 0.324 e. The summed E-state index contributed by atoms with van der Waals surface area (Å²) in [5.41, 5.74) is 0.223. The third-order valence-electron chi connectivity index (χ3n) is 2.39. The van der Waals surface area contributed by atoms with Crippen LogP contribution >= 0.6 is 0 Å². The van der Waals surface area contributed by atoms with Gasteiger partial charge in [-0.3, -0.25) is 0 Å². The van der Waals surface area contributed by atoms with E-state index in [1.165, 1.54) is 7.11 Å². The third-order valence-corrected chi connectivity index (χ3v) is 2.39. The van der Waals surface area contributed by atoms with E-state index in [1.54, 1.807) is 0 Å². The van der Waals surface area contributed by atoms with E-state index in [2.05, 4.69) is 48.0 Å². The Morgan fingerprint density at radius 2 is 1.79 bits per heavy atom. The van der Waals surface area contributed by atoms with E-state index in [-0.39, 0.29) is 11.4 Å². The van der Waals surface area contributed by atoms with Crippen molar-refractivity contribution in [3.8, 4) is 12.0 Å². The van der Waals surface area contributed by atoms with Gasteiger partial charge >= 0.3 is 12.0 Å². The highest BCUT2D eigenvalue weighted by Crippen LogP contribution is 2.19. The number of aromatic nitrogens is 3. The molecule has 0 radical (unpaired) electrons. The zero-order valence-corrected chi connectivity index (χ0v) is 12.5. The minimum atomic E-state index is 0.223. The Kier molecular flexibility index (Phi) is 5.79. The summed E-state index contributed by atoms with van der Waals surface area (Å²) in [5, 5.41) is 3.09. The van der Waals surface area contributed by atoms with Crippen molar-refractivity contribution in [1.29, 1.82) is 0 Å². The Hall–Kier alpha value is -1.59. The summed E-state index contributed by atoms with van der Waals surface area (Å²) in [6, 6.07) is 0.564. The average molecular weight is 268 g/mol. The quantitative estimate of drug-likeness (QED) is 0.819. The Labute approximate surface area is 115 Å². The Morgan fingerprint density at radius 1 is 1.11 bits per heavy atom. The SMILES string of the molecule is CCCNc1nc(OC)nc(OCCC(C)(C)C)n1. The number of rotatable bonds is 7. The summed E-state index contributed by atoms with van der Waals surface area (Å²) in [4.78, 5) is 12.4. The molecule has 6 heteroatoms. The van der Waals surface area contributed by atoms with Crippen molar-refractivity contribution in [1.82, 2.24) is 15.0 Å². The molecule has 108 valence electrons. The molecule has 1 N–H and O–H groups in total. The highest BCUT2D eigenvalue weighted by Gasteiger charge is 2.12. The number of hydrogen-bond donors (Lipinski definition) is 1. The predicted molar refractivity (Wildman–Crippen MR) is 74.7 cm³/mol. The van der Waals surface area contributed by atoms with Crippen molar-refractivity contribution in [2.45, 2.75) is 40.5 Å². The molecule has 0 spiro atoms. The fraction of sp³-hybridized carbons (Fsp3) is 0.769. The molecule has 19 heavy (non-hydrogen) atoms. The molecule has 0 unspecified atom stereocenters. The van der Waals surface area contributed by atoms with Gasteiger partial charge in [0.25, 0.3) is 0 Å². The van der Waals surface area contributed by atoms with Crippen molar-refractivity contribution >= 4 is 5.95 Å². The fourth-order valence-electron chi connectivity index (χ4n) is 1.26. The number of anilines is 1. The monoisotopic (exact) mass is 268 g/mol. The summed E-state index contributed by atoms with van der Waals surface area (Å²) in [6.45, 7) is 9.94. The van der Waals surface area contributed by atoms with Gasteiger partial charge in [-0.2, -0.15) is 9.97 Å². The number of nitrogens with zero attached hydrogens (tertiary/aromatic N) is 3. The molecule has 0 aromatic carbocycles. The second kappa shape index (κ2) is 7.11. The van der Waals surface area contributed by atoms with Crippen LogP contribution in [0.1, 0.15) is 40.5 Å². The van der Waals surface area contributed by atoms with Crippen LogP contribution in [0.15, 0.2) is 0 Å². The molecule has 0 saturated carbocycles. The van der Waals surface area contributed by atoms with Crippen LogP contribution in [0.3, 0.4) is 0 Å². The molecule has 0 saturated heterocycles. The first-order valence-electron chi connectivity index (χ1n) is 6.61. The molecule has 0 amide bonds. The Bertz CT molecular complexity index is 391. The minimum Gasteiger partial charge on any atom is -0.467 e. The topological polar surface area (TPSA) is 69.2 Å². The summed E-state index contributed by atoms with van der Waals surface area (Å²) >= 11 is 0. The zero-order chi connectivity index (χ0) is 14.3. The van der Waals surface area contributed by atoms with Crippen molar-refractivity contribution in [3.63, 3.8) is 0 Å². The first-order chi connectivity index (χ1) is 8.94. The van der Waals surface area contributed by atoms with Gasteiger partial charge in [0.2, 0.25) is 5.95 Å². The van der Waals surface area contributed by atoms with Crippen LogP contribution in [0, 0.1) is 5.41 Å². The number of hydrogen-bond acceptors (Lipinski definition) is 6. The standard InChI is InChI=1S/C13H24N4O2/c1-6-8-14-10-15-11(18-5)17-12(16-10)19-9-7-13(2,3)4/h6-9H2,1-5H3,(H,14,15,16,17). The van der Waals surface area contributed by atoms with Crippen molar-refractivity contribution in [2.75, 3.05) is 25.6 Å². The van der Waals surface area contributed by atoms with Gasteiger partial charge in [0, 0.05) is 6.54 Å². The molecule has 0 aliphatic rings. The molecule has 1 heterocycles. The number of nitrogens with one attached hydrogen (secondary N) is 1. The lowest BCUT2D eigenvalue weighted by molar-refractivity contribution is 0.225. The van der Waals surface area contributed by atoms with Crippen LogP contribution in [-0.4, -0.2) is 35.2 Å². The van der Waals surface area contributed by atoms with Gasteiger partial charge in [0.1, 0.15) is 0 Å². The van der Waals surface area contributed by atoms with E-state index >= 15 is 0 Å². The van der Waals surface area contributed by atoms with Crippen molar-refractivity contribution < 1.29 is 9.47 Å². The lowest BCUT2D eigenvalue weighted by atomic mass is 9.93. The summed E-state index contributed by atoms with van der Waals surface area (Å²) in [7, 11) is 1.53. The van der Waals surface area contributed by atoms with Crippen LogP contribution in [-0.2, 0) is 0 Å². The first-order valence-corrected chi connectivity index (χ1v) is 6.61. The summed E-state index contributed by atoms with van der Waals surface area (Å²) in [5.74, 6) is 0.486. The molecule has 0 atom stereocenters. The van der Waals surface area contributed by atoms with Gasteiger partial charge in [-0.05, 0) is 18.3 Å². The predicted octanol–water partition coefficient (Wildman–Crippen LogP) is 2.52. The summed E-state index contributed by atoms with van der Waals surface area (Å²) < 4.78 is 10.6. The number of ether oxygens (including phenoxy) is 2. The average Bonchev–Trinajstić information content (AvgIpc) is 2.34. The van der Waals surface area contributed by atoms with E-state index in [1.807, 2.05) is 0 Å². The first kappa shape index (κ1) is 15.5. The minimum absolute atomic E-state index is 0.223. The third kappa shape index (κ3) is 6.22. The van der Waals surface area contributed by atoms with Crippen molar-refractivity contribution in [3.05, 3.63) is 0 Å². The van der Waals surface area contributed by atoms with Gasteiger partial charge in [0.15, 0.2) is 0 Å². The maximum absolute atomic E-state index is 5.56. The Balaban J connectivity index is 2.65. The van der Waals surface area contributed by atoms with E-state index in [0.29, 0.717) is 18.6 Å². The van der Waals surface area contributed by atoms with Gasteiger partial charge in [0.05, 0.1) is 13.7 Å². The maximum atomic E-state index is 5.56. The van der Waals surface area contributed by atoms with Crippen LogP contribution < -0.4 is 14.8 Å². The van der Waals surface area contributed by atoms with Crippen LogP contribution in [0.4, 0.5) is 5.95 Å². The molecular weight excluding hydrogens is 244 g/mol. The van der Waals surface area contributed by atoms with Gasteiger partial charge in [-0.25, -0.2) is 0 Å². The van der Waals surface area contributed by atoms with Crippen LogP contribution in [0.25, 0.3) is 0 Å². The molecule has 6 nitrogen and oxygen atoms in total. The normalized spacial score (nSPS) is 11.2. The van der Waals surface area contributed by atoms with Gasteiger partial charge in [-0.1, -0.05) is 27.7 Å². The smallest absolute Gasteiger partial charge is 0.324 e. The van der Waals surface area contributed by atoms with E-state index < -0.39 is 0 Å². The zero-order valence-electron chi connectivity index (χ0n) is 12.5. The Morgan fingerprint density at radius 3 is 2.37 bits per heavy atom. The lowest BCUT2D eigenvalue weighted by Crippen LogP contribution is -2.13. The van der Waals surface area contributed by atoms with E-state index in [4.69, 9.17) is 9.47 Å². The van der Waals surface area contributed by atoms with E-state index in [9.17, 15) is 0 Å². The van der Waals surface area contributed by atoms with Crippen LogP contribution in [0.5, 0.6) is 12.0 Å². The molecular formula is C13H24N4O2. The molecule has 1 rings (SSSR count). The molecule has 0 aliphatic heterocycles. The van der Waals surface area contributed by atoms with E-state index in [0.717, 1.165) is 19.4 Å². The highest BCUT2D eigenvalue weighted by atomic mass is 16.5. The molecule has 0 fully saturated rings. The molecule has 1 aromatic rings. The van der Waals surface area contributed by atoms with Gasteiger partial charge in [-0.15, -0.1) is 4.98 Å². The fourth-order valence-corrected chi connectivity index (χ4v) is 1.26. The number of methoxy groups -OCH3 is 1. The van der Waals surface area contributed by atoms with Crippen LogP contribution in [0.2, 0.25) is 0 Å². The molecule has 1 aromatic heterocycles. The largest absolute Gasteiger partial charge is 0.467 e.